The summed E-state index contributed by atoms with van der Waals surface area (Å²) in [5.74, 6) is -0.792. The minimum absolute atomic E-state index is 0.0450. The average molecular weight is 466 g/mol. The van der Waals surface area contributed by atoms with Crippen molar-refractivity contribution in [3.63, 3.8) is 0 Å². The van der Waals surface area contributed by atoms with Crippen molar-refractivity contribution in [3.05, 3.63) is 53.3 Å². The topological polar surface area (TPSA) is 96.3 Å². The first-order chi connectivity index (χ1) is 16.3. The summed E-state index contributed by atoms with van der Waals surface area (Å²) < 4.78 is 1.51. The van der Waals surface area contributed by atoms with Crippen molar-refractivity contribution < 1.29 is 14.4 Å². The second-order valence-corrected chi connectivity index (χ2v) is 9.92. The van der Waals surface area contributed by atoms with Crippen molar-refractivity contribution in [1.82, 2.24) is 25.3 Å². The molecule has 3 amide bonds. The number of aromatic nitrogens is 2. The number of benzene rings is 1. The lowest BCUT2D eigenvalue weighted by Crippen LogP contribution is -2.63. The summed E-state index contributed by atoms with van der Waals surface area (Å²) in [6.07, 6.45) is 7.03. The Morgan fingerprint density at radius 1 is 1.18 bits per heavy atom. The van der Waals surface area contributed by atoms with E-state index in [1.807, 2.05) is 25.1 Å². The highest BCUT2D eigenvalue weighted by Gasteiger charge is 2.46. The highest BCUT2D eigenvalue weighted by Crippen LogP contribution is 2.27. The number of aryl methyl sites for hydroxylation is 1. The van der Waals surface area contributed by atoms with Gasteiger partial charge in [-0.15, -0.1) is 0 Å². The highest BCUT2D eigenvalue weighted by atomic mass is 16.2. The molecule has 182 valence electrons. The van der Waals surface area contributed by atoms with Crippen LogP contribution >= 0.6 is 0 Å². The summed E-state index contributed by atoms with van der Waals surface area (Å²) in [5, 5.41) is 10.5. The summed E-state index contributed by atoms with van der Waals surface area (Å²) in [6.45, 7) is 3.93. The van der Waals surface area contributed by atoms with E-state index in [9.17, 15) is 14.4 Å². The Bertz CT molecular complexity index is 1040. The summed E-state index contributed by atoms with van der Waals surface area (Å²) in [4.78, 5) is 40.6. The van der Waals surface area contributed by atoms with E-state index in [2.05, 4.69) is 27.9 Å². The van der Waals surface area contributed by atoms with Gasteiger partial charge in [0.15, 0.2) is 5.69 Å². The van der Waals surface area contributed by atoms with Crippen molar-refractivity contribution in [1.29, 1.82) is 0 Å². The number of carbonyl (C=O) groups excluding carboxylic acids is 3. The van der Waals surface area contributed by atoms with Gasteiger partial charge in [0, 0.05) is 25.2 Å². The van der Waals surface area contributed by atoms with Crippen molar-refractivity contribution in [2.75, 3.05) is 7.05 Å². The van der Waals surface area contributed by atoms with Gasteiger partial charge in [0.05, 0.1) is 6.54 Å². The molecule has 1 aromatic heterocycles. The number of rotatable bonds is 7. The van der Waals surface area contributed by atoms with Gasteiger partial charge in [-0.05, 0) is 45.1 Å². The van der Waals surface area contributed by atoms with Gasteiger partial charge in [-0.2, -0.15) is 5.10 Å². The maximum atomic E-state index is 13.2. The van der Waals surface area contributed by atoms with Gasteiger partial charge < -0.3 is 15.5 Å². The third-order valence-electron chi connectivity index (χ3n) is 7.25. The number of nitrogens with zero attached hydrogens (tertiary/aromatic N) is 3. The largest absolute Gasteiger partial charge is 0.351 e. The second-order valence-electron chi connectivity index (χ2n) is 9.92. The van der Waals surface area contributed by atoms with Crippen LogP contribution in [0.4, 0.5) is 0 Å². The summed E-state index contributed by atoms with van der Waals surface area (Å²) in [6, 6.07) is 11.8. The van der Waals surface area contributed by atoms with Crippen LogP contribution in [0.2, 0.25) is 0 Å². The number of hydrogen-bond acceptors (Lipinski definition) is 4. The standard InChI is InChI=1S/C26H35N5O3/c1-18(14-15-19-10-6-4-7-11-19)27-23(32)21-16-22-24(33)30(3)26(2,17-31(22)29-21)25(34)28-20-12-8-5-9-13-20/h4,6-7,10-11,16,18,20H,5,8-9,12-15,17H2,1-3H3,(H,27,32)(H,28,34). The maximum Gasteiger partial charge on any atom is 0.272 e. The second kappa shape index (κ2) is 9.99. The fraction of sp³-hybridized carbons (Fsp3) is 0.538. The molecule has 2 aliphatic rings. The first kappa shape index (κ1) is 24.0. The van der Waals surface area contributed by atoms with Gasteiger partial charge in [0.2, 0.25) is 5.91 Å². The molecule has 2 unspecified atom stereocenters. The molecule has 0 saturated heterocycles. The summed E-state index contributed by atoms with van der Waals surface area (Å²) in [5.41, 5.74) is 0.679. The normalized spacial score (nSPS) is 21.6. The first-order valence-electron chi connectivity index (χ1n) is 12.3. The molecule has 0 bridgehead atoms. The van der Waals surface area contributed by atoms with Gasteiger partial charge in [-0.25, -0.2) is 0 Å². The van der Waals surface area contributed by atoms with Gasteiger partial charge >= 0.3 is 0 Å². The molecule has 1 aromatic carbocycles. The third kappa shape index (κ3) is 5.00. The monoisotopic (exact) mass is 465 g/mol. The Labute approximate surface area is 201 Å². The van der Waals surface area contributed by atoms with Crippen LogP contribution in [0.3, 0.4) is 0 Å². The Morgan fingerprint density at radius 2 is 1.88 bits per heavy atom. The number of likely N-dealkylation sites (N-methyl/N-ethyl adjacent to an activating group) is 1. The van der Waals surface area contributed by atoms with Crippen LogP contribution in [-0.4, -0.2) is 57.1 Å². The summed E-state index contributed by atoms with van der Waals surface area (Å²) >= 11 is 0. The molecule has 2 N–H and O–H groups in total. The minimum atomic E-state index is -1.07. The molecule has 34 heavy (non-hydrogen) atoms. The van der Waals surface area contributed by atoms with Gasteiger partial charge in [-0.1, -0.05) is 49.6 Å². The zero-order chi connectivity index (χ0) is 24.3. The Morgan fingerprint density at radius 3 is 2.59 bits per heavy atom. The molecule has 2 aromatic rings. The molecule has 4 rings (SSSR count). The van der Waals surface area contributed by atoms with E-state index in [0.717, 1.165) is 38.5 Å². The van der Waals surface area contributed by atoms with E-state index >= 15 is 0 Å². The molecule has 8 nitrogen and oxygen atoms in total. The molecular formula is C26H35N5O3. The van der Waals surface area contributed by atoms with E-state index in [1.165, 1.54) is 27.6 Å². The molecule has 2 heterocycles. The minimum Gasteiger partial charge on any atom is -0.351 e. The average Bonchev–Trinajstić information content (AvgIpc) is 3.26. The quantitative estimate of drug-likeness (QED) is 0.657. The zero-order valence-corrected chi connectivity index (χ0v) is 20.3. The molecule has 1 fully saturated rings. The first-order valence-corrected chi connectivity index (χ1v) is 12.3. The third-order valence-corrected chi connectivity index (χ3v) is 7.25. The van der Waals surface area contributed by atoms with E-state index in [-0.39, 0.29) is 42.0 Å². The number of hydrogen-bond donors (Lipinski definition) is 2. The Balaban J connectivity index is 1.41. The van der Waals surface area contributed by atoms with Gasteiger partial charge in [0.1, 0.15) is 11.2 Å². The molecule has 1 saturated carbocycles. The SMILES string of the molecule is CC(CCc1ccccc1)NC(=O)c1cc2n(n1)CC(C)(C(=O)NC1CCCCC1)N(C)C2=O. The number of carbonyl (C=O) groups is 3. The molecular weight excluding hydrogens is 430 g/mol. The van der Waals surface area contributed by atoms with E-state index in [4.69, 9.17) is 0 Å². The van der Waals surface area contributed by atoms with Crippen molar-refractivity contribution in [2.24, 2.45) is 0 Å². The zero-order valence-electron chi connectivity index (χ0n) is 20.3. The van der Waals surface area contributed by atoms with Crippen molar-refractivity contribution in [3.8, 4) is 0 Å². The number of fused-ring (bicyclic) bond motifs is 1. The van der Waals surface area contributed by atoms with Crippen LogP contribution in [0, 0.1) is 0 Å². The molecule has 1 aliphatic carbocycles. The fourth-order valence-corrected chi connectivity index (χ4v) is 4.82. The highest BCUT2D eigenvalue weighted by molar-refractivity contribution is 6.01. The summed E-state index contributed by atoms with van der Waals surface area (Å²) in [7, 11) is 1.64. The predicted octanol–water partition coefficient (Wildman–Crippen LogP) is 2.93. The Hall–Kier alpha value is -3.16. The number of amides is 3. The Kier molecular flexibility index (Phi) is 7.05. The van der Waals surface area contributed by atoms with Crippen LogP contribution in [0.1, 0.15) is 78.9 Å². The molecule has 0 spiro atoms. The van der Waals surface area contributed by atoms with Crippen LogP contribution < -0.4 is 10.6 Å². The molecule has 0 radical (unpaired) electrons. The van der Waals surface area contributed by atoms with E-state index in [0.29, 0.717) is 5.69 Å². The van der Waals surface area contributed by atoms with Gasteiger partial charge in [0.25, 0.3) is 11.8 Å². The molecule has 1 aliphatic heterocycles. The lowest BCUT2D eigenvalue weighted by atomic mass is 9.92. The predicted molar refractivity (Wildman–Crippen MR) is 129 cm³/mol. The van der Waals surface area contributed by atoms with E-state index < -0.39 is 5.54 Å². The smallest absolute Gasteiger partial charge is 0.272 e. The van der Waals surface area contributed by atoms with Crippen LogP contribution in [0.25, 0.3) is 0 Å². The molecule has 2 atom stereocenters. The van der Waals surface area contributed by atoms with Crippen LogP contribution in [0.15, 0.2) is 36.4 Å². The fourth-order valence-electron chi connectivity index (χ4n) is 4.82. The van der Waals surface area contributed by atoms with Crippen molar-refractivity contribution in [2.45, 2.75) is 83.0 Å². The van der Waals surface area contributed by atoms with Crippen molar-refractivity contribution >= 4 is 17.7 Å². The van der Waals surface area contributed by atoms with Gasteiger partial charge in [-0.3, -0.25) is 19.1 Å². The van der Waals surface area contributed by atoms with Crippen LogP contribution in [-0.2, 0) is 17.8 Å². The van der Waals surface area contributed by atoms with Crippen LogP contribution in [0.5, 0.6) is 0 Å². The lowest BCUT2D eigenvalue weighted by Gasteiger charge is -2.41. The number of nitrogens with one attached hydrogen (secondary N) is 2. The lowest BCUT2D eigenvalue weighted by molar-refractivity contribution is -0.133. The molecule has 8 heteroatoms. The maximum absolute atomic E-state index is 13.2. The van der Waals surface area contributed by atoms with E-state index in [1.54, 1.807) is 14.0 Å².